The summed E-state index contributed by atoms with van der Waals surface area (Å²) < 4.78 is 7.78. The number of carbonyl (C=O) groups is 4. The summed E-state index contributed by atoms with van der Waals surface area (Å²) in [6.45, 7) is 50.6. The van der Waals surface area contributed by atoms with Gasteiger partial charge < -0.3 is 21.4 Å². The first-order valence-electron chi connectivity index (χ1n) is 40.0. The van der Waals surface area contributed by atoms with Crippen molar-refractivity contribution >= 4 is 201 Å². The van der Waals surface area contributed by atoms with Crippen LogP contribution < -0.4 is 25.6 Å². The van der Waals surface area contributed by atoms with Crippen molar-refractivity contribution in [2.45, 2.75) is 199 Å². The molecule has 0 unspecified atom stereocenters. The van der Waals surface area contributed by atoms with Crippen molar-refractivity contribution in [1.29, 1.82) is 0 Å². The van der Waals surface area contributed by atoms with E-state index in [-0.39, 0.29) is 71.1 Å². The fourth-order valence-corrected chi connectivity index (χ4v) is 20.2. The first kappa shape index (κ1) is 108. The molecule has 12 rings (SSSR count). The highest BCUT2D eigenvalue weighted by atomic mass is 32.9. The minimum absolute atomic E-state index is 0.0229. The predicted molar refractivity (Wildman–Crippen MR) is 561 cm³/mol. The molecule has 0 fully saturated rings. The zero-order valence-corrected chi connectivity index (χ0v) is 87.2. The predicted octanol–water partition coefficient (Wildman–Crippen LogP) is 30.8. The summed E-state index contributed by atoms with van der Waals surface area (Å²) in [6, 6.07) is 71.2. The molecule has 0 bridgehead atoms. The lowest BCUT2D eigenvalue weighted by atomic mass is 9.86. The number of aliphatic imine (C=N–C) groups is 1. The average Bonchev–Trinajstić information content (AvgIpc) is 1.84. The summed E-state index contributed by atoms with van der Waals surface area (Å²) >= 11 is 28.3. The number of thioether (sulfide) groups is 1. The quantitative estimate of drug-likeness (QED) is 0.0153. The Morgan fingerprint density at radius 3 is 1.11 bits per heavy atom. The lowest BCUT2D eigenvalue weighted by molar-refractivity contribution is -0.143. The number of nitrogens with two attached hydrogens (primary N) is 2. The molecule has 0 amide bonds. The standard InChI is InChI=1S/C19H20O2S.C13H15NOS2.C13H14OS2.C13H14S3.C12H15NO2S.C11H13NS.C11H15NS.C8H10OS3/c1-19(2,3)16-11-9-15(10-12-16)18(21)22-13-17(20)14-7-5-4-6-8-14;1-13(2,3)10-6-4-9(5-7-10)11-8-12(14-15)17-16-11;2*1-13(2,3)10-6-4-9(5-7-10)11-8-12(14)16-15-11;1-12(2,3)11(14)15-9-6-4-8(5-7-9)10(13)16;1-11(2,3)9-4-6-10(7-5-9)12-8-13;1-11(2,3)9-6-4-8(5-7-9)10(12)13;1-8(2,3)6(9)5-4-11-7(10)12-5/h4-12H,13H2,1-3H3;4-8,15H,1-3H3;2*4-8H,1-3H3;4-7H,1-3H3,(H2,13,16);4-7H,1-3H3;4-7H,1-3H3,(H2,12,13);4H,1-3H3/b;14-12+;;;;;;. The van der Waals surface area contributed by atoms with E-state index in [1.54, 1.807) is 105 Å². The summed E-state index contributed by atoms with van der Waals surface area (Å²) in [5.41, 5.74) is 26.4. The number of rotatable bonds is 12. The van der Waals surface area contributed by atoms with Gasteiger partial charge in [0.25, 0.3) is 0 Å². The number of hydrogen-bond donors (Lipinski definition) is 3. The number of hydrogen-bond acceptors (Lipinski definition) is 23. The number of nitrogens with zero attached hydrogens (tertiary/aromatic N) is 2. The number of thiocarbonyl (C=S) groups is 3. The molecule has 0 aliphatic carbocycles. The minimum Gasteiger partial charge on any atom is -0.426 e. The van der Waals surface area contributed by atoms with E-state index in [1.807, 2.05) is 98.9 Å². The summed E-state index contributed by atoms with van der Waals surface area (Å²) in [5.74, 6) is 0.560. The zero-order chi connectivity index (χ0) is 93.8. The second kappa shape index (κ2) is 48.6. The van der Waals surface area contributed by atoms with Crippen molar-refractivity contribution in [2.75, 3.05) is 5.75 Å². The van der Waals surface area contributed by atoms with Gasteiger partial charge in [0.1, 0.15) is 22.7 Å². The normalized spacial score (nSPS) is 11.5. The molecular weight excluding hydrogens is 1820 g/mol. The Balaban J connectivity index is 0.000000255. The maximum atomic E-state index is 12.2. The molecule has 0 saturated heterocycles. The summed E-state index contributed by atoms with van der Waals surface area (Å²) in [6.07, 6.45) is 0. The molecule has 4 aromatic heterocycles. The molecule has 0 aliphatic heterocycles. The Morgan fingerprint density at radius 2 is 0.792 bits per heavy atom. The molecular formula is C100H116N4O7S14. The van der Waals surface area contributed by atoms with Crippen molar-refractivity contribution in [1.82, 2.24) is 0 Å². The van der Waals surface area contributed by atoms with Crippen LogP contribution in [0.5, 0.6) is 5.75 Å². The number of esters is 1. The highest BCUT2D eigenvalue weighted by molar-refractivity contribution is 8.14. The molecule has 0 spiro atoms. The Hall–Kier alpha value is -7.79. The number of Topliss-reactive ketones (excluding diaryl/α,β-unsaturated/α-hetero) is 2. The van der Waals surface area contributed by atoms with Crippen molar-refractivity contribution in [2.24, 2.45) is 32.4 Å². The monoisotopic (exact) mass is 1930 g/mol. The van der Waals surface area contributed by atoms with Crippen LogP contribution in [-0.4, -0.2) is 48.7 Å². The highest BCUT2D eigenvalue weighted by Crippen LogP contribution is 2.35. The van der Waals surface area contributed by atoms with Crippen molar-refractivity contribution in [3.8, 4) is 37.1 Å². The van der Waals surface area contributed by atoms with Gasteiger partial charge in [-0.3, -0.25) is 24.0 Å². The van der Waals surface area contributed by atoms with Crippen LogP contribution in [0.4, 0.5) is 5.69 Å². The largest absolute Gasteiger partial charge is 0.426 e. The summed E-state index contributed by atoms with van der Waals surface area (Å²) in [5, 5.41) is 16.0. The highest BCUT2D eigenvalue weighted by Gasteiger charge is 2.26. The van der Waals surface area contributed by atoms with Crippen molar-refractivity contribution in [3.63, 3.8) is 0 Å². The van der Waals surface area contributed by atoms with E-state index in [9.17, 15) is 24.0 Å². The fourth-order valence-electron chi connectivity index (χ4n) is 10.5. The number of ketones is 2. The van der Waals surface area contributed by atoms with E-state index in [0.29, 0.717) is 31.5 Å². The van der Waals surface area contributed by atoms with Gasteiger partial charge in [0.2, 0.25) is 9.86 Å². The van der Waals surface area contributed by atoms with Crippen LogP contribution in [-0.2, 0) is 37.3 Å². The van der Waals surface area contributed by atoms with Gasteiger partial charge in [0, 0.05) is 53.7 Å². The van der Waals surface area contributed by atoms with Crippen LogP contribution in [0.15, 0.2) is 239 Å². The molecule has 11 nitrogen and oxygen atoms in total. The fraction of sp³-hybridized carbons (Fsp3) is 0.330. The molecule has 0 aliphatic rings. The van der Waals surface area contributed by atoms with E-state index in [1.165, 1.54) is 92.7 Å². The molecule has 4 heterocycles. The molecule has 8 aromatic carbocycles. The van der Waals surface area contributed by atoms with Gasteiger partial charge in [-0.05, 0) is 174 Å². The van der Waals surface area contributed by atoms with E-state index >= 15 is 0 Å². The van der Waals surface area contributed by atoms with E-state index in [0.717, 1.165) is 55.7 Å². The maximum Gasteiger partial charge on any atom is 0.316 e. The van der Waals surface area contributed by atoms with E-state index in [2.05, 4.69) is 255 Å². The van der Waals surface area contributed by atoms with Gasteiger partial charge in [0.15, 0.2) is 16.2 Å². The first-order chi connectivity index (χ1) is 58.0. The van der Waals surface area contributed by atoms with Gasteiger partial charge in [-0.15, -0.1) is 22.7 Å². The Labute approximate surface area is 801 Å². The molecule has 0 saturated carbocycles. The van der Waals surface area contributed by atoms with E-state index in [4.69, 9.17) is 70.3 Å². The molecule has 662 valence electrons. The Kier molecular flexibility index (Phi) is 41.9. The van der Waals surface area contributed by atoms with Gasteiger partial charge in [-0.25, -0.2) is 0 Å². The van der Waals surface area contributed by atoms with Crippen LogP contribution >= 0.6 is 158 Å². The Morgan fingerprint density at radius 1 is 0.432 bits per heavy atom. The van der Waals surface area contributed by atoms with Gasteiger partial charge >= 0.3 is 5.97 Å². The number of isothiocyanates is 1. The molecule has 125 heavy (non-hydrogen) atoms. The third-order valence-electron chi connectivity index (χ3n) is 18.3. The number of benzene rings is 8. The molecule has 5 N–H and O–H groups in total. The smallest absolute Gasteiger partial charge is 0.316 e. The molecule has 12 aromatic rings. The van der Waals surface area contributed by atoms with Crippen LogP contribution in [0.2, 0.25) is 0 Å². The third kappa shape index (κ3) is 37.8. The topological polar surface area (TPSA) is 192 Å². The van der Waals surface area contributed by atoms with Gasteiger partial charge in [-0.2, -0.15) is 4.99 Å². The third-order valence-corrected chi connectivity index (χ3v) is 29.6. The Bertz CT molecular complexity index is 5630. The number of ether oxygens (including phenoxy) is 1. The minimum atomic E-state index is -0.512. The second-order valence-electron chi connectivity index (χ2n) is 37.0. The van der Waals surface area contributed by atoms with Crippen LogP contribution in [0, 0.1) is 17.8 Å². The lowest BCUT2D eigenvalue weighted by Crippen LogP contribution is -2.25. The van der Waals surface area contributed by atoms with Crippen LogP contribution in [0.3, 0.4) is 0 Å². The van der Waals surface area contributed by atoms with Crippen molar-refractivity contribution in [3.05, 3.63) is 305 Å². The number of carbonyl (C=O) groups excluding carboxylic acids is 4. The molecule has 0 atom stereocenters. The van der Waals surface area contributed by atoms with Crippen LogP contribution in [0.1, 0.15) is 241 Å². The van der Waals surface area contributed by atoms with E-state index < -0.39 is 5.41 Å². The van der Waals surface area contributed by atoms with Crippen LogP contribution in [0.25, 0.3) is 31.3 Å². The summed E-state index contributed by atoms with van der Waals surface area (Å²) in [7, 11) is 9.37. The van der Waals surface area contributed by atoms with Crippen molar-refractivity contribution < 1.29 is 29.1 Å². The van der Waals surface area contributed by atoms with Gasteiger partial charge in [-0.1, -0.05) is 427 Å². The zero-order valence-electron chi connectivity index (χ0n) is 75.7. The summed E-state index contributed by atoms with van der Waals surface area (Å²) in [4.78, 5) is 67.4. The van der Waals surface area contributed by atoms with Gasteiger partial charge in [0.05, 0.1) is 26.9 Å². The molecule has 25 heteroatoms. The maximum absolute atomic E-state index is 12.2. The second-order valence-corrected chi connectivity index (χ2v) is 49.4. The molecule has 0 radical (unpaired) electrons. The first-order valence-corrected chi connectivity index (χ1v) is 51.2. The lowest BCUT2D eigenvalue weighted by Gasteiger charge is -2.18. The average molecular weight is 1930 g/mol. The SMILES string of the molecule is CC(C)(C)C(=O)Oc1ccc(C(N)=S)cc1.CC(C)(C)C(=O)c1csc(=S)s1.CC(C)(C)c1ccc(-c2c/c(=N\O)ss2)cc1.CC(C)(C)c1ccc(-c2cc(=O)ss2)cc1.CC(C)(C)c1ccc(-c2cc(=S)ss2)cc1.CC(C)(C)c1ccc(C(=O)SCC(=O)c2ccccc2)cc1.CC(C)(C)c1ccc(C(N)=S)cc1.CC(C)(C)c1ccc(N=C=S)cc1.